The summed E-state index contributed by atoms with van der Waals surface area (Å²) < 4.78 is 16.9. The molecule has 0 bridgehead atoms. The van der Waals surface area contributed by atoms with E-state index < -0.39 is 0 Å². The molecular formula is C18H31N2O4+. The Hall–Kier alpha value is -1.95. The molecule has 0 atom stereocenters. The van der Waals surface area contributed by atoms with Crippen LogP contribution in [0.15, 0.2) is 12.1 Å². The average molecular weight is 339 g/mol. The summed E-state index contributed by atoms with van der Waals surface area (Å²) >= 11 is 0. The predicted octanol–water partition coefficient (Wildman–Crippen LogP) is 1.15. The molecular weight excluding hydrogens is 308 g/mol. The molecule has 0 fully saturated rings. The van der Waals surface area contributed by atoms with Crippen molar-refractivity contribution in [2.45, 2.75) is 27.2 Å². The van der Waals surface area contributed by atoms with Crippen LogP contribution in [0.5, 0.6) is 17.2 Å². The molecule has 0 aliphatic heterocycles. The van der Waals surface area contributed by atoms with Gasteiger partial charge in [-0.2, -0.15) is 0 Å². The van der Waals surface area contributed by atoms with Crippen molar-refractivity contribution in [2.24, 2.45) is 0 Å². The molecule has 1 amide bonds. The second-order valence-electron chi connectivity index (χ2n) is 5.67. The van der Waals surface area contributed by atoms with Crippen LogP contribution in [0.4, 0.5) is 0 Å². The predicted molar refractivity (Wildman–Crippen MR) is 94.6 cm³/mol. The van der Waals surface area contributed by atoms with Crippen molar-refractivity contribution in [1.82, 2.24) is 5.32 Å². The normalized spacial score (nSPS) is 10.6. The standard InChI is InChI=1S/C18H30N2O4/c1-6-22-15-12-14(18(21)19-10-9-11-20(4)5)13-16(23-7-2)17(15)24-8-3/h12-13H,6-11H2,1-5H3,(H,19,21)/p+1. The molecule has 24 heavy (non-hydrogen) atoms. The van der Waals surface area contributed by atoms with E-state index in [4.69, 9.17) is 14.2 Å². The number of carbonyl (C=O) groups excluding carboxylic acids is 1. The van der Waals surface area contributed by atoms with Gasteiger partial charge in [0.05, 0.1) is 40.5 Å². The summed E-state index contributed by atoms with van der Waals surface area (Å²) in [6.07, 6.45) is 0.932. The van der Waals surface area contributed by atoms with Crippen molar-refractivity contribution in [3.05, 3.63) is 17.7 Å². The van der Waals surface area contributed by atoms with Crippen LogP contribution in [-0.4, -0.2) is 52.9 Å². The number of nitrogens with one attached hydrogen (secondary N) is 2. The number of hydrogen-bond donors (Lipinski definition) is 2. The summed E-state index contributed by atoms with van der Waals surface area (Å²) in [7, 11) is 4.19. The Morgan fingerprint density at radius 1 is 1.00 bits per heavy atom. The van der Waals surface area contributed by atoms with Crippen molar-refractivity contribution in [1.29, 1.82) is 0 Å². The molecule has 2 N–H and O–H groups in total. The fourth-order valence-electron chi connectivity index (χ4n) is 2.27. The van der Waals surface area contributed by atoms with Gasteiger partial charge in [0, 0.05) is 18.5 Å². The third kappa shape index (κ3) is 6.28. The first-order chi connectivity index (χ1) is 11.5. The van der Waals surface area contributed by atoms with Crippen LogP contribution in [0, 0.1) is 0 Å². The van der Waals surface area contributed by atoms with Gasteiger partial charge in [0.25, 0.3) is 5.91 Å². The number of ether oxygens (including phenoxy) is 3. The van der Waals surface area contributed by atoms with E-state index in [1.165, 1.54) is 4.90 Å². The highest BCUT2D eigenvalue weighted by Gasteiger charge is 2.18. The number of rotatable bonds is 11. The topological polar surface area (TPSA) is 61.2 Å². The maximum atomic E-state index is 12.4. The van der Waals surface area contributed by atoms with Crippen LogP contribution in [0.25, 0.3) is 0 Å². The van der Waals surface area contributed by atoms with Gasteiger partial charge in [0.2, 0.25) is 5.75 Å². The minimum Gasteiger partial charge on any atom is -0.490 e. The van der Waals surface area contributed by atoms with Crippen molar-refractivity contribution < 1.29 is 23.9 Å². The molecule has 0 aliphatic carbocycles. The molecule has 0 saturated carbocycles. The molecule has 0 spiro atoms. The number of hydrogen-bond acceptors (Lipinski definition) is 4. The van der Waals surface area contributed by atoms with Gasteiger partial charge in [-0.15, -0.1) is 0 Å². The number of amides is 1. The van der Waals surface area contributed by atoms with Crippen LogP contribution in [0.3, 0.4) is 0 Å². The monoisotopic (exact) mass is 339 g/mol. The second-order valence-corrected chi connectivity index (χ2v) is 5.67. The maximum Gasteiger partial charge on any atom is 0.251 e. The van der Waals surface area contributed by atoms with Gasteiger partial charge in [-0.1, -0.05) is 0 Å². The Kier molecular flexibility index (Phi) is 9.01. The zero-order valence-corrected chi connectivity index (χ0v) is 15.5. The summed E-state index contributed by atoms with van der Waals surface area (Å²) in [6.45, 7) is 8.82. The SMILES string of the molecule is CCOc1cc(C(=O)NCCC[NH+](C)C)cc(OCC)c1OCC. The Morgan fingerprint density at radius 3 is 2.00 bits per heavy atom. The summed E-state index contributed by atoms with van der Waals surface area (Å²) in [4.78, 5) is 13.8. The smallest absolute Gasteiger partial charge is 0.251 e. The minimum atomic E-state index is -0.131. The summed E-state index contributed by atoms with van der Waals surface area (Å²) in [6, 6.07) is 3.42. The Morgan fingerprint density at radius 2 is 1.54 bits per heavy atom. The van der Waals surface area contributed by atoms with Crippen LogP contribution in [0.1, 0.15) is 37.6 Å². The van der Waals surface area contributed by atoms with Gasteiger partial charge in [-0.25, -0.2) is 0 Å². The lowest BCUT2D eigenvalue weighted by Gasteiger charge is -2.17. The zero-order chi connectivity index (χ0) is 17.9. The first kappa shape index (κ1) is 20.1. The highest BCUT2D eigenvalue weighted by molar-refractivity contribution is 5.95. The van der Waals surface area contributed by atoms with Crippen LogP contribution >= 0.6 is 0 Å². The van der Waals surface area contributed by atoms with Gasteiger partial charge in [0.15, 0.2) is 11.5 Å². The van der Waals surface area contributed by atoms with Gasteiger partial charge in [-0.05, 0) is 32.9 Å². The van der Waals surface area contributed by atoms with Gasteiger partial charge in [-0.3, -0.25) is 4.79 Å². The third-order valence-electron chi connectivity index (χ3n) is 3.31. The molecule has 6 heteroatoms. The van der Waals surface area contributed by atoms with Crippen molar-refractivity contribution in [2.75, 3.05) is 47.0 Å². The third-order valence-corrected chi connectivity index (χ3v) is 3.31. The summed E-state index contributed by atoms with van der Waals surface area (Å²) in [5, 5.41) is 2.94. The number of benzene rings is 1. The number of quaternary nitrogens is 1. The fraction of sp³-hybridized carbons (Fsp3) is 0.611. The van der Waals surface area contributed by atoms with Crippen LogP contribution < -0.4 is 24.4 Å². The lowest BCUT2D eigenvalue weighted by molar-refractivity contribution is -0.858. The second kappa shape index (κ2) is 10.8. The highest BCUT2D eigenvalue weighted by atomic mass is 16.5. The first-order valence-electron chi connectivity index (χ1n) is 8.67. The zero-order valence-electron chi connectivity index (χ0n) is 15.5. The molecule has 0 saturated heterocycles. The number of carbonyl (C=O) groups is 1. The molecule has 6 nitrogen and oxygen atoms in total. The van der Waals surface area contributed by atoms with E-state index in [1.807, 2.05) is 20.8 Å². The van der Waals surface area contributed by atoms with Crippen LogP contribution in [-0.2, 0) is 0 Å². The van der Waals surface area contributed by atoms with E-state index in [0.29, 0.717) is 49.2 Å². The molecule has 1 rings (SSSR count). The van der Waals surface area contributed by atoms with E-state index in [1.54, 1.807) is 12.1 Å². The Labute approximate surface area is 145 Å². The van der Waals surface area contributed by atoms with Gasteiger partial charge in [0.1, 0.15) is 0 Å². The van der Waals surface area contributed by atoms with Gasteiger partial charge < -0.3 is 24.4 Å². The van der Waals surface area contributed by atoms with E-state index in [9.17, 15) is 4.79 Å². The van der Waals surface area contributed by atoms with Gasteiger partial charge >= 0.3 is 0 Å². The molecule has 0 heterocycles. The fourth-order valence-corrected chi connectivity index (χ4v) is 2.27. The van der Waals surface area contributed by atoms with E-state index in [2.05, 4.69) is 19.4 Å². The van der Waals surface area contributed by atoms with Crippen molar-refractivity contribution in [3.8, 4) is 17.2 Å². The Bertz CT molecular complexity index is 491. The average Bonchev–Trinajstić information content (AvgIpc) is 2.54. The molecule has 1 aromatic rings. The van der Waals surface area contributed by atoms with Crippen molar-refractivity contribution in [3.63, 3.8) is 0 Å². The van der Waals surface area contributed by atoms with E-state index in [-0.39, 0.29) is 5.91 Å². The summed E-state index contributed by atoms with van der Waals surface area (Å²) in [5.74, 6) is 1.49. The lowest BCUT2D eigenvalue weighted by atomic mass is 10.1. The molecule has 0 unspecified atom stereocenters. The first-order valence-corrected chi connectivity index (χ1v) is 8.67. The van der Waals surface area contributed by atoms with Crippen molar-refractivity contribution >= 4 is 5.91 Å². The largest absolute Gasteiger partial charge is 0.490 e. The Balaban J connectivity index is 2.94. The highest BCUT2D eigenvalue weighted by Crippen LogP contribution is 2.39. The maximum absolute atomic E-state index is 12.4. The molecule has 0 aliphatic rings. The van der Waals surface area contributed by atoms with E-state index >= 15 is 0 Å². The minimum absolute atomic E-state index is 0.131. The molecule has 0 aromatic heterocycles. The molecule has 136 valence electrons. The lowest BCUT2D eigenvalue weighted by Crippen LogP contribution is -3.05. The molecule has 0 radical (unpaired) electrons. The molecule has 1 aromatic carbocycles. The quantitative estimate of drug-likeness (QED) is 0.594. The van der Waals surface area contributed by atoms with E-state index in [0.717, 1.165) is 13.0 Å². The summed E-state index contributed by atoms with van der Waals surface area (Å²) in [5.41, 5.74) is 0.516. The van der Waals surface area contributed by atoms with Crippen LogP contribution in [0.2, 0.25) is 0 Å².